The highest BCUT2D eigenvalue weighted by Gasteiger charge is 2.47. The number of halogens is 6. The van der Waals surface area contributed by atoms with E-state index in [2.05, 4.69) is 0 Å². The second kappa shape index (κ2) is 23.0. The van der Waals surface area contributed by atoms with Gasteiger partial charge in [-0.25, -0.2) is 14.4 Å². The molecule has 6 rings (SSSR count). The number of carbonyl (C=O) groups is 6. The average Bonchev–Trinajstić information content (AvgIpc) is 3.35. The van der Waals surface area contributed by atoms with Crippen molar-refractivity contribution in [3.8, 4) is 12.1 Å². The zero-order valence-electron chi connectivity index (χ0n) is 40.3. The second-order valence-corrected chi connectivity index (χ2v) is 17.3. The molecule has 380 valence electrons. The summed E-state index contributed by atoms with van der Waals surface area (Å²) < 4.78 is 88.8. The zero-order chi connectivity index (χ0) is 53.4. The average molecular weight is 1010 g/mol. The SMILES string of the molecule is CCCC(=O)C1=C(C)N(c2cccc(C(F)(F)F)c2)C(=O)N(C(=O)CCCCCCCC(=O)N2C(=O)N(c3cccc(C(F)(F)F)c3)C(C)=C(C(=O)OCC)C2c2ccc(C#N)cc2)C1c1ccc(C#N)cc1. The number of benzene rings is 4. The van der Waals surface area contributed by atoms with Gasteiger partial charge in [0, 0.05) is 36.2 Å². The number of alkyl halides is 6. The number of ether oxygens (including phenoxy) is 1. The molecule has 0 aromatic heterocycles. The lowest BCUT2D eigenvalue weighted by Crippen LogP contribution is -2.53. The van der Waals surface area contributed by atoms with Crippen molar-refractivity contribution >= 4 is 47.0 Å². The summed E-state index contributed by atoms with van der Waals surface area (Å²) in [6.45, 7) is 5.96. The number of anilines is 2. The predicted octanol–water partition coefficient (Wildman–Crippen LogP) is 12.4. The Morgan fingerprint density at radius 2 is 0.973 bits per heavy atom. The van der Waals surface area contributed by atoms with Crippen molar-refractivity contribution in [3.05, 3.63) is 153 Å². The van der Waals surface area contributed by atoms with Crippen LogP contribution in [0.4, 0.5) is 47.3 Å². The number of hydrogen-bond acceptors (Lipinski definition) is 9. The molecule has 0 radical (unpaired) electrons. The van der Waals surface area contributed by atoms with Crippen LogP contribution < -0.4 is 9.80 Å². The highest BCUT2D eigenvalue weighted by atomic mass is 19.4. The molecule has 0 aliphatic carbocycles. The number of hydrogen-bond donors (Lipinski definition) is 0. The largest absolute Gasteiger partial charge is 0.463 e. The Balaban J connectivity index is 1.23. The molecule has 73 heavy (non-hydrogen) atoms. The first kappa shape index (κ1) is 54.3. The van der Waals surface area contributed by atoms with Gasteiger partial charge in [-0.2, -0.15) is 36.9 Å². The van der Waals surface area contributed by atoms with Gasteiger partial charge < -0.3 is 4.74 Å². The van der Waals surface area contributed by atoms with E-state index in [0.717, 1.165) is 56.0 Å². The molecule has 4 aromatic rings. The fourth-order valence-corrected chi connectivity index (χ4v) is 8.99. The zero-order valence-corrected chi connectivity index (χ0v) is 40.3. The number of nitriles is 2. The van der Waals surface area contributed by atoms with Crippen LogP contribution in [0.3, 0.4) is 0 Å². The van der Waals surface area contributed by atoms with Crippen LogP contribution in [-0.4, -0.2) is 52.0 Å². The van der Waals surface area contributed by atoms with Crippen LogP contribution in [0.5, 0.6) is 0 Å². The lowest BCUT2D eigenvalue weighted by Gasteiger charge is -2.42. The van der Waals surface area contributed by atoms with Gasteiger partial charge >= 0.3 is 30.4 Å². The summed E-state index contributed by atoms with van der Waals surface area (Å²) in [4.78, 5) is 89.0. The van der Waals surface area contributed by atoms with Crippen LogP contribution in [0.15, 0.2) is 120 Å². The van der Waals surface area contributed by atoms with Crippen LogP contribution in [0.2, 0.25) is 0 Å². The lowest BCUT2D eigenvalue weighted by molar-refractivity contribution is -0.140. The molecule has 2 heterocycles. The van der Waals surface area contributed by atoms with Gasteiger partial charge in [0.15, 0.2) is 5.78 Å². The maximum Gasteiger partial charge on any atom is 0.416 e. The summed E-state index contributed by atoms with van der Waals surface area (Å²) in [7, 11) is 0. The summed E-state index contributed by atoms with van der Waals surface area (Å²) in [6.07, 6.45) is -8.22. The number of Topliss-reactive ketones (excluding diaryl/α,β-unsaturated/α-hetero) is 1. The molecule has 0 fully saturated rings. The summed E-state index contributed by atoms with van der Waals surface area (Å²) >= 11 is 0. The molecule has 4 aromatic carbocycles. The molecular formula is C54H50F6N6O7. The molecule has 2 aliphatic rings. The fourth-order valence-electron chi connectivity index (χ4n) is 8.99. The van der Waals surface area contributed by atoms with Gasteiger partial charge in [0.1, 0.15) is 6.04 Å². The van der Waals surface area contributed by atoms with Crippen molar-refractivity contribution in [2.24, 2.45) is 0 Å². The van der Waals surface area contributed by atoms with Gasteiger partial charge in [-0.15, -0.1) is 0 Å². The maximum atomic E-state index is 14.6. The minimum Gasteiger partial charge on any atom is -0.463 e. The molecule has 0 spiro atoms. The Morgan fingerprint density at radius 1 is 0.575 bits per heavy atom. The van der Waals surface area contributed by atoms with Crippen LogP contribution in [0, 0.1) is 22.7 Å². The van der Waals surface area contributed by atoms with E-state index < -0.39 is 71.2 Å². The molecule has 0 bridgehead atoms. The number of unbranched alkanes of at least 4 members (excludes halogenated alkanes) is 4. The second-order valence-electron chi connectivity index (χ2n) is 17.3. The van der Waals surface area contributed by atoms with E-state index in [-0.39, 0.29) is 89.3 Å². The molecular weight excluding hydrogens is 959 g/mol. The normalized spacial score (nSPS) is 16.4. The van der Waals surface area contributed by atoms with Crippen LogP contribution in [0.25, 0.3) is 0 Å². The molecule has 2 unspecified atom stereocenters. The van der Waals surface area contributed by atoms with Crippen molar-refractivity contribution in [2.45, 2.75) is 110 Å². The quantitative estimate of drug-likeness (QED) is 0.0567. The Hall–Kier alpha value is -8.06. The molecule has 0 saturated carbocycles. The van der Waals surface area contributed by atoms with Gasteiger partial charge in [0.05, 0.1) is 64.0 Å². The van der Waals surface area contributed by atoms with Gasteiger partial charge in [-0.1, -0.05) is 62.6 Å². The van der Waals surface area contributed by atoms with Crippen molar-refractivity contribution in [3.63, 3.8) is 0 Å². The number of amides is 6. The number of esters is 1. The smallest absolute Gasteiger partial charge is 0.416 e. The molecule has 6 amide bonds. The standard InChI is InChI=1S/C54H50F6N6O7/c1-5-14-43(67)46-33(3)63(41-17-12-15-39(29-41)53(55,56)57)51(71)65(48(46)37-25-21-35(31-61)22-26-37)44(68)19-10-8-7-9-11-20-45(69)66-49(38-27-23-36(32-62)24-28-38)47(50(70)73-6-2)34(4)64(52(66)72)42-18-13-16-40(30-42)54(58,59)60/h12-13,15-18,21-30,48-49H,5-11,14,19-20H2,1-4H3. The third-order valence-electron chi connectivity index (χ3n) is 12.5. The van der Waals surface area contributed by atoms with Crippen molar-refractivity contribution in [1.29, 1.82) is 10.5 Å². The Labute approximate surface area is 417 Å². The van der Waals surface area contributed by atoms with Gasteiger partial charge in [-0.05, 0) is 112 Å². The monoisotopic (exact) mass is 1010 g/mol. The van der Waals surface area contributed by atoms with E-state index in [1.807, 2.05) is 12.1 Å². The minimum absolute atomic E-state index is 0.00634. The van der Waals surface area contributed by atoms with Crippen molar-refractivity contribution < 1.29 is 59.8 Å². The van der Waals surface area contributed by atoms with Gasteiger partial charge in [-0.3, -0.25) is 34.0 Å². The first-order valence-corrected chi connectivity index (χ1v) is 23.5. The summed E-state index contributed by atoms with van der Waals surface area (Å²) in [5.74, 6) is -2.88. The van der Waals surface area contributed by atoms with E-state index >= 15 is 0 Å². The summed E-state index contributed by atoms with van der Waals surface area (Å²) in [5, 5.41) is 18.9. The Kier molecular flexibility index (Phi) is 17.1. The first-order chi connectivity index (χ1) is 34.7. The molecule has 2 aliphatic heterocycles. The summed E-state index contributed by atoms with van der Waals surface area (Å²) in [5.41, 5.74) is -1.77. The van der Waals surface area contributed by atoms with Crippen LogP contribution >= 0.6 is 0 Å². The number of allylic oxidation sites excluding steroid dienone is 2. The Bertz CT molecular complexity index is 2740. The van der Waals surface area contributed by atoms with Gasteiger partial charge in [0.2, 0.25) is 11.8 Å². The Morgan fingerprint density at radius 3 is 1.36 bits per heavy atom. The van der Waals surface area contributed by atoms with E-state index in [4.69, 9.17) is 4.74 Å². The van der Waals surface area contributed by atoms with Crippen molar-refractivity contribution in [1.82, 2.24) is 9.80 Å². The number of ketones is 1. The molecule has 0 saturated heterocycles. The fraction of sp³-hybridized carbons (Fsp3) is 0.333. The molecule has 13 nitrogen and oxygen atoms in total. The van der Waals surface area contributed by atoms with Crippen molar-refractivity contribution in [2.75, 3.05) is 16.4 Å². The molecule has 19 heteroatoms. The number of urea groups is 2. The van der Waals surface area contributed by atoms with E-state index in [9.17, 15) is 65.6 Å². The van der Waals surface area contributed by atoms with Crippen LogP contribution in [0.1, 0.15) is 131 Å². The number of imide groups is 2. The first-order valence-electron chi connectivity index (χ1n) is 23.5. The highest BCUT2D eigenvalue weighted by Crippen LogP contribution is 2.44. The number of rotatable bonds is 17. The number of nitrogens with zero attached hydrogens (tertiary/aromatic N) is 6. The third kappa shape index (κ3) is 11.8. The molecule has 0 N–H and O–H groups in total. The predicted molar refractivity (Wildman–Crippen MR) is 254 cm³/mol. The van der Waals surface area contributed by atoms with E-state index in [0.29, 0.717) is 31.2 Å². The van der Waals surface area contributed by atoms with Crippen LogP contribution in [-0.2, 0) is 36.3 Å². The minimum atomic E-state index is -4.80. The maximum absolute atomic E-state index is 14.6. The topological polar surface area (TPSA) is 172 Å². The lowest BCUT2D eigenvalue weighted by atomic mass is 9.88. The number of carbonyl (C=O) groups excluding carboxylic acids is 6. The highest BCUT2D eigenvalue weighted by molar-refractivity contribution is 6.12. The third-order valence-corrected chi connectivity index (χ3v) is 12.5. The van der Waals surface area contributed by atoms with E-state index in [1.54, 1.807) is 6.92 Å². The van der Waals surface area contributed by atoms with E-state index in [1.165, 1.54) is 81.4 Å². The van der Waals surface area contributed by atoms with Gasteiger partial charge in [0.25, 0.3) is 0 Å². The summed E-state index contributed by atoms with van der Waals surface area (Å²) in [6, 6.07) is 18.8. The molecule has 2 atom stereocenters.